The van der Waals surface area contributed by atoms with E-state index < -0.39 is 0 Å². The normalized spacial score (nSPS) is 12.5. The molecule has 4 aromatic heterocycles. The van der Waals surface area contributed by atoms with Crippen LogP contribution in [0.1, 0.15) is 0 Å². The molecule has 198 valence electrons. The number of aryl methyl sites for hydroxylation is 2. The van der Waals surface area contributed by atoms with Crippen LogP contribution >= 0.6 is 0 Å². The van der Waals surface area contributed by atoms with Crippen LogP contribution in [0.15, 0.2) is 118 Å². The van der Waals surface area contributed by atoms with Crippen LogP contribution in [0.5, 0.6) is 0 Å². The monoisotopic (exact) mass is 540 g/mol. The van der Waals surface area contributed by atoms with Crippen molar-refractivity contribution in [3.8, 4) is 11.1 Å². The lowest BCUT2D eigenvalue weighted by molar-refractivity contribution is 0.669. The lowest BCUT2D eigenvalue weighted by Crippen LogP contribution is -1.87. The molecule has 0 aliphatic carbocycles. The maximum Gasteiger partial charge on any atom is 0.159 e. The van der Waals surface area contributed by atoms with Gasteiger partial charge >= 0.3 is 0 Å². The fourth-order valence-corrected chi connectivity index (χ4v) is 7.27. The summed E-state index contributed by atoms with van der Waals surface area (Å²) >= 11 is 0. The topological polar surface area (TPSA) is 36.1 Å². The Morgan fingerprint density at radius 2 is 1.05 bits per heavy atom. The molecule has 42 heavy (non-hydrogen) atoms. The summed E-state index contributed by atoms with van der Waals surface area (Å²) in [5.41, 5.74) is 10.7. The van der Waals surface area contributed by atoms with E-state index in [1.807, 2.05) is 12.1 Å². The molecule has 0 atom stereocenters. The molecule has 0 unspecified atom stereocenters. The van der Waals surface area contributed by atoms with Gasteiger partial charge in [-0.15, -0.1) is 0 Å². The average molecular weight is 541 g/mol. The van der Waals surface area contributed by atoms with Crippen LogP contribution in [0.25, 0.3) is 98.6 Å². The number of fused-ring (bicyclic) bond motifs is 13. The van der Waals surface area contributed by atoms with Crippen LogP contribution in [0.3, 0.4) is 0 Å². The molecule has 0 spiro atoms. The maximum absolute atomic E-state index is 6.63. The van der Waals surface area contributed by atoms with E-state index in [4.69, 9.17) is 8.83 Å². The molecule has 10 rings (SSSR count). The molecule has 0 amide bonds. The average Bonchev–Trinajstić information content (AvgIpc) is 3.74. The number of hydrogen-bond acceptors (Lipinski definition) is 2. The zero-order valence-corrected chi connectivity index (χ0v) is 23.1. The number of para-hydroxylation sites is 2. The summed E-state index contributed by atoms with van der Waals surface area (Å²) in [6, 6.07) is 39.1. The molecular formula is C38H24N2O2. The van der Waals surface area contributed by atoms with Crippen LogP contribution < -0.4 is 0 Å². The summed E-state index contributed by atoms with van der Waals surface area (Å²) in [4.78, 5) is 0. The molecule has 0 fully saturated rings. The molecule has 4 nitrogen and oxygen atoms in total. The summed E-state index contributed by atoms with van der Waals surface area (Å²) in [6.07, 6.45) is 0. The van der Waals surface area contributed by atoms with Crippen molar-refractivity contribution in [1.82, 2.24) is 9.13 Å². The Kier molecular flexibility index (Phi) is 4.04. The van der Waals surface area contributed by atoms with Gasteiger partial charge in [0.2, 0.25) is 0 Å². The van der Waals surface area contributed by atoms with Crippen LogP contribution in [-0.4, -0.2) is 9.13 Å². The Morgan fingerprint density at radius 3 is 1.95 bits per heavy atom. The molecule has 0 saturated heterocycles. The molecule has 0 aliphatic rings. The highest BCUT2D eigenvalue weighted by molar-refractivity contribution is 6.21. The number of benzene rings is 6. The van der Waals surface area contributed by atoms with E-state index in [-0.39, 0.29) is 0 Å². The lowest BCUT2D eigenvalue weighted by atomic mass is 10.0. The highest BCUT2D eigenvalue weighted by atomic mass is 16.3. The second kappa shape index (κ2) is 7.62. The minimum absolute atomic E-state index is 0.907. The third-order valence-electron chi connectivity index (χ3n) is 9.35. The molecule has 10 aromatic rings. The van der Waals surface area contributed by atoms with Crippen molar-refractivity contribution in [2.75, 3.05) is 0 Å². The van der Waals surface area contributed by atoms with Crippen molar-refractivity contribution >= 4 is 87.5 Å². The van der Waals surface area contributed by atoms with E-state index in [2.05, 4.69) is 120 Å². The number of aromatic nitrogens is 2. The SMILES string of the molecule is Cn1c2cc(-c3ccc4c(c3)oc3c4ccc4c5ccccc5n(C)c43)ccc2c2cc3c(cc21)oc1ccccc13. The van der Waals surface area contributed by atoms with Crippen molar-refractivity contribution in [2.24, 2.45) is 14.1 Å². The van der Waals surface area contributed by atoms with Crippen LogP contribution in [-0.2, 0) is 14.1 Å². The third-order valence-corrected chi connectivity index (χ3v) is 9.35. The third kappa shape index (κ3) is 2.72. The Bertz CT molecular complexity index is 2760. The van der Waals surface area contributed by atoms with Crippen molar-refractivity contribution in [3.63, 3.8) is 0 Å². The van der Waals surface area contributed by atoms with Gasteiger partial charge in [-0.25, -0.2) is 0 Å². The van der Waals surface area contributed by atoms with E-state index in [9.17, 15) is 0 Å². The van der Waals surface area contributed by atoms with Gasteiger partial charge in [-0.3, -0.25) is 0 Å². The van der Waals surface area contributed by atoms with Gasteiger partial charge in [0.15, 0.2) is 5.58 Å². The summed E-state index contributed by atoms with van der Waals surface area (Å²) < 4.78 is 17.4. The zero-order valence-electron chi connectivity index (χ0n) is 23.1. The zero-order chi connectivity index (χ0) is 27.7. The molecule has 4 heterocycles. The largest absolute Gasteiger partial charge is 0.456 e. The number of rotatable bonds is 1. The van der Waals surface area contributed by atoms with Gasteiger partial charge in [0.25, 0.3) is 0 Å². The van der Waals surface area contributed by atoms with Crippen molar-refractivity contribution in [2.45, 2.75) is 0 Å². The first-order valence-electron chi connectivity index (χ1n) is 14.3. The second-order valence-electron chi connectivity index (χ2n) is 11.5. The van der Waals surface area contributed by atoms with Gasteiger partial charge in [-0.05, 0) is 53.6 Å². The van der Waals surface area contributed by atoms with E-state index in [1.54, 1.807) is 0 Å². The maximum atomic E-state index is 6.63. The first-order chi connectivity index (χ1) is 20.6. The minimum Gasteiger partial charge on any atom is -0.456 e. The smallest absolute Gasteiger partial charge is 0.159 e. The summed E-state index contributed by atoms with van der Waals surface area (Å²) in [7, 11) is 4.27. The van der Waals surface area contributed by atoms with Crippen LogP contribution in [0.2, 0.25) is 0 Å². The van der Waals surface area contributed by atoms with Crippen molar-refractivity contribution in [1.29, 1.82) is 0 Å². The van der Waals surface area contributed by atoms with Gasteiger partial charge in [0.1, 0.15) is 16.7 Å². The summed E-state index contributed by atoms with van der Waals surface area (Å²) in [6.45, 7) is 0. The Morgan fingerprint density at radius 1 is 0.405 bits per heavy atom. The van der Waals surface area contributed by atoms with Crippen molar-refractivity contribution < 1.29 is 8.83 Å². The van der Waals surface area contributed by atoms with Crippen LogP contribution in [0.4, 0.5) is 0 Å². The number of hydrogen-bond donors (Lipinski definition) is 0. The van der Waals surface area contributed by atoms with Crippen LogP contribution in [0, 0.1) is 0 Å². The fourth-order valence-electron chi connectivity index (χ4n) is 7.27. The molecule has 6 aromatic carbocycles. The van der Waals surface area contributed by atoms with E-state index >= 15 is 0 Å². The van der Waals surface area contributed by atoms with E-state index in [1.165, 1.54) is 43.7 Å². The second-order valence-corrected chi connectivity index (χ2v) is 11.5. The molecular weight excluding hydrogens is 516 g/mol. The van der Waals surface area contributed by atoms with Gasteiger partial charge in [0, 0.05) is 74.3 Å². The van der Waals surface area contributed by atoms with Gasteiger partial charge in [-0.2, -0.15) is 0 Å². The Hall–Kier alpha value is -5.48. The first-order valence-corrected chi connectivity index (χ1v) is 14.3. The first kappa shape index (κ1) is 22.2. The van der Waals surface area contributed by atoms with Gasteiger partial charge in [-0.1, -0.05) is 60.7 Å². The molecule has 4 heteroatoms. The molecule has 0 saturated carbocycles. The molecule has 0 N–H and O–H groups in total. The fraction of sp³-hybridized carbons (Fsp3) is 0.0526. The summed E-state index contributed by atoms with van der Waals surface area (Å²) in [5.74, 6) is 0. The predicted octanol–water partition coefficient (Wildman–Crippen LogP) is 10.4. The van der Waals surface area contributed by atoms with Gasteiger partial charge in [0.05, 0.1) is 11.0 Å². The minimum atomic E-state index is 0.907. The number of furan rings is 2. The Balaban J connectivity index is 1.17. The van der Waals surface area contributed by atoms with E-state index in [0.717, 1.165) is 55.0 Å². The molecule has 0 aliphatic heterocycles. The lowest BCUT2D eigenvalue weighted by Gasteiger charge is -2.04. The van der Waals surface area contributed by atoms with Crippen molar-refractivity contribution in [3.05, 3.63) is 109 Å². The Labute approximate surface area is 239 Å². The van der Waals surface area contributed by atoms with E-state index in [0.29, 0.717) is 0 Å². The number of nitrogens with zero attached hydrogens (tertiary/aromatic N) is 2. The highest BCUT2D eigenvalue weighted by Crippen LogP contribution is 2.41. The summed E-state index contributed by atoms with van der Waals surface area (Å²) in [5, 5.41) is 9.56. The highest BCUT2D eigenvalue weighted by Gasteiger charge is 2.18. The molecule has 0 radical (unpaired) electrons. The molecule has 0 bridgehead atoms. The predicted molar refractivity (Wildman–Crippen MR) is 174 cm³/mol. The quantitative estimate of drug-likeness (QED) is 0.208. The standard InChI is InChI=1S/C38H24N2O2/c1-39-32-17-21(11-13-24(32)29-19-30-25-8-4-6-10-34(25)41-36(30)20-33(29)39)22-12-14-26-28-16-15-27-23-7-3-5-9-31(23)40(2)37(27)38(28)42-35(26)18-22/h3-20H,1-2H3. The van der Waals surface area contributed by atoms with Gasteiger partial charge < -0.3 is 18.0 Å².